The van der Waals surface area contributed by atoms with Gasteiger partial charge >= 0.3 is 0 Å². The molecule has 20 heavy (non-hydrogen) atoms. The Kier molecular flexibility index (Phi) is 3.87. The minimum absolute atomic E-state index is 0.0465. The summed E-state index contributed by atoms with van der Waals surface area (Å²) in [6, 6.07) is 1.98. The molecule has 0 fully saturated rings. The first-order valence-corrected chi connectivity index (χ1v) is 6.36. The molecule has 0 radical (unpaired) electrons. The average molecular weight is 282 g/mol. The van der Waals surface area contributed by atoms with Crippen molar-refractivity contribution in [1.29, 1.82) is 0 Å². The van der Waals surface area contributed by atoms with E-state index in [1.807, 2.05) is 13.8 Å². The summed E-state index contributed by atoms with van der Waals surface area (Å²) >= 11 is 0. The molecule has 0 aliphatic heterocycles. The largest absolute Gasteiger partial charge is 0.369 e. The maximum Gasteiger partial charge on any atom is 0.242 e. The Morgan fingerprint density at radius 1 is 1.30 bits per heavy atom. The van der Waals surface area contributed by atoms with Gasteiger partial charge in [0.1, 0.15) is 6.54 Å². The van der Waals surface area contributed by atoms with Gasteiger partial charge in [-0.05, 0) is 13.8 Å². The van der Waals surface area contributed by atoms with E-state index in [1.165, 1.54) is 4.57 Å². The van der Waals surface area contributed by atoms with Gasteiger partial charge in [0.25, 0.3) is 0 Å². The Balaban J connectivity index is 2.41. The van der Waals surface area contributed by atoms with E-state index in [4.69, 9.17) is 5.73 Å². The number of hydrogen-bond donors (Lipinski definition) is 1. The van der Waals surface area contributed by atoms with Crippen LogP contribution in [0.25, 0.3) is 11.0 Å². The zero-order valence-corrected chi connectivity index (χ0v) is 11.4. The number of imidazole rings is 1. The minimum Gasteiger partial charge on any atom is -0.369 e. The second-order valence-corrected chi connectivity index (χ2v) is 4.38. The maximum atomic E-state index is 13.3. The van der Waals surface area contributed by atoms with Crippen molar-refractivity contribution in [2.45, 2.75) is 20.4 Å². The number of rotatable bonds is 4. The highest BCUT2D eigenvalue weighted by molar-refractivity contribution is 5.83. The van der Waals surface area contributed by atoms with Crippen LogP contribution in [0.1, 0.15) is 13.8 Å². The highest BCUT2D eigenvalue weighted by Gasteiger charge is 2.17. The number of amides is 1. The molecule has 2 rings (SSSR count). The highest BCUT2D eigenvalue weighted by Crippen LogP contribution is 2.21. The number of hydrogen-bond acceptors (Lipinski definition) is 3. The second kappa shape index (κ2) is 5.44. The van der Waals surface area contributed by atoms with E-state index in [1.54, 1.807) is 4.90 Å². The number of nitrogens with two attached hydrogens (primary N) is 1. The fourth-order valence-corrected chi connectivity index (χ4v) is 2.12. The summed E-state index contributed by atoms with van der Waals surface area (Å²) in [7, 11) is 0. The molecule has 0 unspecified atom stereocenters. The van der Waals surface area contributed by atoms with Crippen molar-refractivity contribution >= 4 is 22.9 Å². The van der Waals surface area contributed by atoms with Crippen molar-refractivity contribution in [3.8, 4) is 0 Å². The molecule has 0 saturated carbocycles. The summed E-state index contributed by atoms with van der Waals surface area (Å²) in [4.78, 5) is 17.6. The summed E-state index contributed by atoms with van der Waals surface area (Å²) in [5.41, 5.74) is 6.26. The molecule has 1 heterocycles. The summed E-state index contributed by atoms with van der Waals surface area (Å²) in [5.74, 6) is -2.07. The Morgan fingerprint density at radius 2 is 1.90 bits per heavy atom. The van der Waals surface area contributed by atoms with Crippen LogP contribution >= 0.6 is 0 Å². The zero-order chi connectivity index (χ0) is 14.9. The third-order valence-electron chi connectivity index (χ3n) is 3.23. The highest BCUT2D eigenvalue weighted by atomic mass is 19.2. The normalized spacial score (nSPS) is 11.0. The van der Waals surface area contributed by atoms with Gasteiger partial charge < -0.3 is 15.2 Å². The van der Waals surface area contributed by atoms with E-state index >= 15 is 0 Å². The quantitative estimate of drug-likeness (QED) is 0.929. The Labute approximate surface area is 115 Å². The lowest BCUT2D eigenvalue weighted by Gasteiger charge is -2.19. The van der Waals surface area contributed by atoms with E-state index < -0.39 is 11.6 Å². The molecule has 5 nitrogen and oxygen atoms in total. The molecule has 0 atom stereocenters. The molecule has 108 valence electrons. The molecule has 2 aromatic rings. The molecular formula is C13H16F2N4O. The smallest absolute Gasteiger partial charge is 0.242 e. The predicted octanol–water partition coefficient (Wildman–Crippen LogP) is 1.77. The summed E-state index contributed by atoms with van der Waals surface area (Å²) < 4.78 is 27.9. The monoisotopic (exact) mass is 282 g/mol. The molecule has 1 aromatic heterocycles. The number of halogens is 2. The number of fused-ring (bicyclic) bond motifs is 1. The van der Waals surface area contributed by atoms with Crippen LogP contribution in [0.3, 0.4) is 0 Å². The van der Waals surface area contributed by atoms with E-state index in [0.717, 1.165) is 12.1 Å². The average Bonchev–Trinajstić information content (AvgIpc) is 2.68. The number of aromatic nitrogens is 2. The van der Waals surface area contributed by atoms with Crippen LogP contribution < -0.4 is 5.73 Å². The summed E-state index contributed by atoms with van der Waals surface area (Å²) in [5, 5.41) is 0. The molecule has 0 saturated heterocycles. The lowest BCUT2D eigenvalue weighted by molar-refractivity contribution is -0.131. The fourth-order valence-electron chi connectivity index (χ4n) is 2.12. The van der Waals surface area contributed by atoms with E-state index in [0.29, 0.717) is 18.6 Å². The standard InChI is InChI=1S/C13H16F2N4O/c1-3-18(4-2)12(20)7-19-11-6-9(15)8(14)5-10(11)17-13(19)16/h5-6H,3-4,7H2,1-2H3,(H2,16,17). The van der Waals surface area contributed by atoms with Gasteiger partial charge in [0.15, 0.2) is 11.6 Å². The second-order valence-electron chi connectivity index (χ2n) is 4.38. The van der Waals surface area contributed by atoms with Crippen molar-refractivity contribution in [2.75, 3.05) is 18.8 Å². The molecule has 0 bridgehead atoms. The van der Waals surface area contributed by atoms with Gasteiger partial charge in [-0.15, -0.1) is 0 Å². The third kappa shape index (κ3) is 2.43. The minimum atomic E-state index is -0.992. The van der Waals surface area contributed by atoms with E-state index in [9.17, 15) is 13.6 Å². The number of anilines is 1. The topological polar surface area (TPSA) is 64.2 Å². The zero-order valence-electron chi connectivity index (χ0n) is 11.4. The first kappa shape index (κ1) is 14.2. The molecule has 0 spiro atoms. The Bertz CT molecular complexity index is 649. The van der Waals surface area contributed by atoms with Crippen LogP contribution in [-0.4, -0.2) is 33.4 Å². The van der Waals surface area contributed by atoms with Crippen LogP contribution in [0.15, 0.2) is 12.1 Å². The Hall–Kier alpha value is -2.18. The van der Waals surface area contributed by atoms with Gasteiger partial charge in [-0.2, -0.15) is 0 Å². The summed E-state index contributed by atoms with van der Waals surface area (Å²) in [6.45, 7) is 4.84. The van der Waals surface area contributed by atoms with Gasteiger partial charge in [-0.3, -0.25) is 4.79 Å². The van der Waals surface area contributed by atoms with Crippen molar-refractivity contribution in [3.05, 3.63) is 23.8 Å². The first-order valence-electron chi connectivity index (χ1n) is 6.36. The van der Waals surface area contributed by atoms with Gasteiger partial charge in [-0.25, -0.2) is 13.8 Å². The molecule has 7 heteroatoms. The van der Waals surface area contributed by atoms with Crippen molar-refractivity contribution in [2.24, 2.45) is 0 Å². The van der Waals surface area contributed by atoms with Crippen LogP contribution in [0, 0.1) is 11.6 Å². The number of benzene rings is 1. The number of carbonyl (C=O) groups is 1. The Morgan fingerprint density at radius 3 is 2.50 bits per heavy atom. The van der Waals surface area contributed by atoms with E-state index in [2.05, 4.69) is 4.98 Å². The lowest BCUT2D eigenvalue weighted by Crippen LogP contribution is -2.33. The van der Waals surface area contributed by atoms with Crippen molar-refractivity contribution in [1.82, 2.24) is 14.5 Å². The van der Waals surface area contributed by atoms with Crippen LogP contribution in [-0.2, 0) is 11.3 Å². The first-order chi connectivity index (χ1) is 9.47. The third-order valence-corrected chi connectivity index (χ3v) is 3.23. The van der Waals surface area contributed by atoms with Crippen LogP contribution in [0.4, 0.5) is 14.7 Å². The van der Waals surface area contributed by atoms with Gasteiger partial charge in [0.05, 0.1) is 11.0 Å². The van der Waals surface area contributed by atoms with Gasteiger partial charge in [0, 0.05) is 25.2 Å². The lowest BCUT2D eigenvalue weighted by atomic mass is 10.3. The van der Waals surface area contributed by atoms with Crippen LogP contribution in [0.2, 0.25) is 0 Å². The van der Waals surface area contributed by atoms with Crippen LogP contribution in [0.5, 0.6) is 0 Å². The summed E-state index contributed by atoms with van der Waals surface area (Å²) in [6.07, 6.45) is 0. The number of carbonyl (C=O) groups excluding carboxylic acids is 1. The number of likely N-dealkylation sites (N-methyl/N-ethyl adjacent to an activating group) is 1. The molecule has 1 amide bonds. The fraction of sp³-hybridized carbons (Fsp3) is 0.385. The predicted molar refractivity (Wildman–Crippen MR) is 72.0 cm³/mol. The molecule has 1 aromatic carbocycles. The molecule has 0 aliphatic carbocycles. The van der Waals surface area contributed by atoms with Gasteiger partial charge in [-0.1, -0.05) is 0 Å². The van der Waals surface area contributed by atoms with Gasteiger partial charge in [0.2, 0.25) is 11.9 Å². The van der Waals surface area contributed by atoms with Crippen molar-refractivity contribution in [3.63, 3.8) is 0 Å². The maximum absolute atomic E-state index is 13.3. The van der Waals surface area contributed by atoms with Crippen molar-refractivity contribution < 1.29 is 13.6 Å². The number of nitrogen functional groups attached to an aromatic ring is 1. The molecular weight excluding hydrogens is 266 g/mol. The number of nitrogens with zero attached hydrogens (tertiary/aromatic N) is 3. The molecule has 0 aliphatic rings. The SMILES string of the molecule is CCN(CC)C(=O)Cn1c(N)nc2cc(F)c(F)cc21. The molecule has 2 N–H and O–H groups in total. The van der Waals surface area contributed by atoms with E-state index in [-0.39, 0.29) is 23.9 Å².